The highest BCUT2D eigenvalue weighted by molar-refractivity contribution is 6.04. The third-order valence-corrected chi connectivity index (χ3v) is 4.79. The molecule has 33 heavy (non-hydrogen) atoms. The van der Waals surface area contributed by atoms with Crippen molar-refractivity contribution in [3.63, 3.8) is 0 Å². The van der Waals surface area contributed by atoms with Crippen LogP contribution in [0.25, 0.3) is 0 Å². The molecule has 0 saturated heterocycles. The quantitative estimate of drug-likeness (QED) is 0.455. The van der Waals surface area contributed by atoms with Gasteiger partial charge in [0, 0.05) is 6.54 Å². The number of hydrogen-bond acceptors (Lipinski definition) is 6. The zero-order chi connectivity index (χ0) is 23.8. The molecule has 8 nitrogen and oxygen atoms in total. The molecule has 0 aliphatic carbocycles. The Morgan fingerprint density at radius 2 is 1.61 bits per heavy atom. The van der Waals surface area contributed by atoms with Crippen molar-refractivity contribution in [3.8, 4) is 11.5 Å². The number of nitrogens with one attached hydrogen (secondary N) is 2. The number of esters is 1. The smallest absolute Gasteiger partial charge is 0.342 e. The Bertz CT molecular complexity index is 1160. The summed E-state index contributed by atoms with van der Waals surface area (Å²) in [4.78, 5) is 37.2. The van der Waals surface area contributed by atoms with E-state index in [2.05, 4.69) is 10.6 Å². The lowest BCUT2D eigenvalue weighted by atomic mass is 10.1. The van der Waals surface area contributed by atoms with E-state index in [4.69, 9.17) is 9.47 Å². The number of hydrogen-bond donors (Lipinski definition) is 3. The average Bonchev–Trinajstić information content (AvgIpc) is 2.82. The molecule has 0 aliphatic rings. The molecule has 3 N–H and O–H groups in total. The molecule has 0 radical (unpaired) electrons. The predicted molar refractivity (Wildman–Crippen MR) is 122 cm³/mol. The van der Waals surface area contributed by atoms with E-state index in [-0.39, 0.29) is 34.2 Å². The third kappa shape index (κ3) is 6.10. The van der Waals surface area contributed by atoms with Crippen molar-refractivity contribution in [2.45, 2.75) is 13.5 Å². The summed E-state index contributed by atoms with van der Waals surface area (Å²) in [7, 11) is 1.35. The Hall–Kier alpha value is -4.33. The summed E-state index contributed by atoms with van der Waals surface area (Å²) >= 11 is 0. The van der Waals surface area contributed by atoms with Crippen LogP contribution in [0.4, 0.5) is 5.69 Å². The molecule has 0 fully saturated rings. The van der Waals surface area contributed by atoms with E-state index in [1.165, 1.54) is 25.3 Å². The van der Waals surface area contributed by atoms with Crippen LogP contribution in [-0.2, 0) is 16.1 Å². The van der Waals surface area contributed by atoms with Crippen molar-refractivity contribution in [1.82, 2.24) is 5.32 Å². The van der Waals surface area contributed by atoms with E-state index in [1.54, 1.807) is 24.3 Å². The molecule has 8 heteroatoms. The SMILES string of the molecule is COc1cccc(C(=O)OCC(=O)Nc2ccccc2C(=O)NCc2ccc(C)cc2)c1O. The van der Waals surface area contributed by atoms with Crippen molar-refractivity contribution in [3.05, 3.63) is 89.0 Å². The lowest BCUT2D eigenvalue weighted by molar-refractivity contribution is -0.119. The van der Waals surface area contributed by atoms with Gasteiger partial charge < -0.3 is 25.2 Å². The summed E-state index contributed by atoms with van der Waals surface area (Å²) in [6.45, 7) is 1.72. The molecule has 0 spiro atoms. The molecule has 170 valence electrons. The number of phenols is 1. The van der Waals surface area contributed by atoms with E-state index in [1.807, 2.05) is 31.2 Å². The number of aromatic hydroxyl groups is 1. The zero-order valence-corrected chi connectivity index (χ0v) is 18.3. The summed E-state index contributed by atoms with van der Waals surface area (Å²) in [6.07, 6.45) is 0. The number of aryl methyl sites for hydroxylation is 1. The fraction of sp³-hybridized carbons (Fsp3) is 0.160. The molecule has 0 saturated carbocycles. The van der Waals surface area contributed by atoms with E-state index < -0.39 is 18.5 Å². The predicted octanol–water partition coefficient (Wildman–Crippen LogP) is 3.43. The maximum absolute atomic E-state index is 12.6. The Kier molecular flexibility index (Phi) is 7.64. The number of anilines is 1. The molecule has 0 aromatic heterocycles. The highest BCUT2D eigenvalue weighted by Gasteiger charge is 2.18. The average molecular weight is 448 g/mol. The van der Waals surface area contributed by atoms with Crippen molar-refractivity contribution < 1.29 is 29.0 Å². The molecule has 0 unspecified atom stereocenters. The van der Waals surface area contributed by atoms with Crippen LogP contribution in [0.15, 0.2) is 66.7 Å². The first-order chi connectivity index (χ1) is 15.9. The van der Waals surface area contributed by atoms with Crippen LogP contribution in [0.5, 0.6) is 11.5 Å². The van der Waals surface area contributed by atoms with Gasteiger partial charge in [0.15, 0.2) is 18.1 Å². The first kappa shape index (κ1) is 23.3. The van der Waals surface area contributed by atoms with Gasteiger partial charge >= 0.3 is 5.97 Å². The largest absolute Gasteiger partial charge is 0.504 e. The first-order valence-electron chi connectivity index (χ1n) is 10.1. The van der Waals surface area contributed by atoms with Gasteiger partial charge in [-0.3, -0.25) is 9.59 Å². The Labute approximate surface area is 191 Å². The van der Waals surface area contributed by atoms with Crippen LogP contribution in [0.1, 0.15) is 31.8 Å². The lowest BCUT2D eigenvalue weighted by Gasteiger charge is -2.12. The topological polar surface area (TPSA) is 114 Å². The number of phenolic OH excluding ortho intramolecular Hbond substituents is 1. The summed E-state index contributed by atoms with van der Waals surface area (Å²) < 4.78 is 9.94. The molecule has 2 amide bonds. The van der Waals surface area contributed by atoms with Gasteiger partial charge in [0.1, 0.15) is 5.56 Å². The number of carbonyl (C=O) groups is 3. The van der Waals surface area contributed by atoms with E-state index in [9.17, 15) is 19.5 Å². The molecule has 0 heterocycles. The first-order valence-corrected chi connectivity index (χ1v) is 10.1. The number of carbonyl (C=O) groups excluding carboxylic acids is 3. The number of amides is 2. The molecule has 3 aromatic rings. The fourth-order valence-electron chi connectivity index (χ4n) is 3.02. The summed E-state index contributed by atoms with van der Waals surface area (Å²) in [6, 6.07) is 18.6. The number of rotatable bonds is 8. The fourth-order valence-corrected chi connectivity index (χ4v) is 3.02. The Morgan fingerprint density at radius 3 is 2.33 bits per heavy atom. The van der Waals surface area contributed by atoms with Crippen LogP contribution in [0.3, 0.4) is 0 Å². The van der Waals surface area contributed by atoms with Gasteiger partial charge in [0.25, 0.3) is 11.8 Å². The highest BCUT2D eigenvalue weighted by Crippen LogP contribution is 2.29. The van der Waals surface area contributed by atoms with Crippen molar-refractivity contribution in [1.29, 1.82) is 0 Å². The van der Waals surface area contributed by atoms with E-state index in [0.29, 0.717) is 6.54 Å². The molecule has 0 aliphatic heterocycles. The standard InChI is InChI=1S/C25H24N2O6/c1-16-10-12-17(13-11-16)14-26-24(30)18-6-3-4-8-20(18)27-22(28)15-33-25(31)19-7-5-9-21(32-2)23(19)29/h3-13,29H,14-15H2,1-2H3,(H,26,30)(H,27,28). The van der Waals surface area contributed by atoms with Gasteiger partial charge in [0.05, 0.1) is 18.4 Å². The molecule has 3 rings (SSSR count). The minimum absolute atomic E-state index is 0.111. The van der Waals surface area contributed by atoms with Crippen LogP contribution < -0.4 is 15.4 Å². The van der Waals surface area contributed by atoms with Gasteiger partial charge in [-0.2, -0.15) is 0 Å². The number of para-hydroxylation sites is 2. The number of ether oxygens (including phenoxy) is 2. The van der Waals surface area contributed by atoms with Crippen LogP contribution >= 0.6 is 0 Å². The van der Waals surface area contributed by atoms with Gasteiger partial charge in [0.2, 0.25) is 0 Å². The zero-order valence-electron chi connectivity index (χ0n) is 18.3. The maximum atomic E-state index is 12.6. The normalized spacial score (nSPS) is 10.2. The van der Waals surface area contributed by atoms with Gasteiger partial charge in [-0.1, -0.05) is 48.0 Å². The maximum Gasteiger partial charge on any atom is 0.342 e. The molecule has 0 bridgehead atoms. The van der Waals surface area contributed by atoms with Gasteiger partial charge in [-0.25, -0.2) is 4.79 Å². The second kappa shape index (κ2) is 10.8. The van der Waals surface area contributed by atoms with Crippen molar-refractivity contribution >= 4 is 23.5 Å². The molecule has 0 atom stereocenters. The lowest BCUT2D eigenvalue weighted by Crippen LogP contribution is -2.26. The third-order valence-electron chi connectivity index (χ3n) is 4.79. The molecular weight excluding hydrogens is 424 g/mol. The second-order valence-corrected chi connectivity index (χ2v) is 7.19. The van der Waals surface area contributed by atoms with Gasteiger partial charge in [-0.05, 0) is 36.8 Å². The number of benzene rings is 3. The van der Waals surface area contributed by atoms with Crippen LogP contribution in [0, 0.1) is 6.92 Å². The Morgan fingerprint density at radius 1 is 0.909 bits per heavy atom. The minimum Gasteiger partial charge on any atom is -0.504 e. The van der Waals surface area contributed by atoms with Crippen molar-refractivity contribution in [2.75, 3.05) is 19.0 Å². The Balaban J connectivity index is 1.59. The monoisotopic (exact) mass is 448 g/mol. The minimum atomic E-state index is -0.884. The van der Waals surface area contributed by atoms with E-state index >= 15 is 0 Å². The molecular formula is C25H24N2O6. The summed E-state index contributed by atoms with van der Waals surface area (Å²) in [5.74, 6) is -2.14. The highest BCUT2D eigenvalue weighted by atomic mass is 16.5. The summed E-state index contributed by atoms with van der Waals surface area (Å²) in [5.41, 5.74) is 2.50. The summed E-state index contributed by atoms with van der Waals surface area (Å²) in [5, 5.41) is 15.4. The second-order valence-electron chi connectivity index (χ2n) is 7.19. The van der Waals surface area contributed by atoms with Gasteiger partial charge in [-0.15, -0.1) is 0 Å². The van der Waals surface area contributed by atoms with Crippen molar-refractivity contribution in [2.24, 2.45) is 0 Å². The molecule has 3 aromatic carbocycles. The number of methoxy groups -OCH3 is 1. The van der Waals surface area contributed by atoms with E-state index in [0.717, 1.165) is 11.1 Å². The van der Waals surface area contributed by atoms with Crippen LogP contribution in [-0.4, -0.2) is 36.6 Å². The van der Waals surface area contributed by atoms with Crippen LogP contribution in [0.2, 0.25) is 0 Å².